The van der Waals surface area contributed by atoms with Crippen LogP contribution in [0, 0.1) is 0 Å². The molecule has 0 spiro atoms. The van der Waals surface area contributed by atoms with Crippen molar-refractivity contribution in [2.75, 3.05) is 20.1 Å². The summed E-state index contributed by atoms with van der Waals surface area (Å²) in [5.74, 6) is 0.0143. The second kappa shape index (κ2) is 5.21. The van der Waals surface area contributed by atoms with Crippen molar-refractivity contribution in [3.8, 4) is 0 Å². The van der Waals surface area contributed by atoms with Crippen LogP contribution < -0.4 is 0 Å². The standard InChI is InChI=1S/C8H14F3NO/c1-7(13)4-3-5-12(2)6-8(9,10)11/h3-6H2,1-2H3. The Hall–Kier alpha value is -0.580. The first-order chi connectivity index (χ1) is 5.81. The van der Waals surface area contributed by atoms with Crippen molar-refractivity contribution in [2.45, 2.75) is 25.9 Å². The molecule has 5 heteroatoms. The second-order valence-electron chi connectivity index (χ2n) is 3.16. The van der Waals surface area contributed by atoms with Crippen molar-refractivity contribution < 1.29 is 18.0 Å². The largest absolute Gasteiger partial charge is 0.401 e. The molecule has 0 fully saturated rings. The average molecular weight is 197 g/mol. The summed E-state index contributed by atoms with van der Waals surface area (Å²) in [6.45, 7) is 0.827. The normalized spacial score (nSPS) is 12.2. The molecular formula is C8H14F3NO. The third kappa shape index (κ3) is 9.33. The molecule has 2 nitrogen and oxygen atoms in total. The van der Waals surface area contributed by atoms with Crippen molar-refractivity contribution in [3.63, 3.8) is 0 Å². The van der Waals surface area contributed by atoms with E-state index in [1.165, 1.54) is 18.9 Å². The quantitative estimate of drug-likeness (QED) is 0.670. The van der Waals surface area contributed by atoms with Gasteiger partial charge in [-0.15, -0.1) is 0 Å². The van der Waals surface area contributed by atoms with Gasteiger partial charge in [-0.1, -0.05) is 0 Å². The zero-order valence-electron chi connectivity index (χ0n) is 7.82. The molecule has 0 aromatic heterocycles. The van der Waals surface area contributed by atoms with Gasteiger partial charge in [-0.2, -0.15) is 13.2 Å². The molecule has 13 heavy (non-hydrogen) atoms. The maximum absolute atomic E-state index is 11.8. The number of nitrogens with zero attached hydrogens (tertiary/aromatic N) is 1. The van der Waals surface area contributed by atoms with Gasteiger partial charge in [-0.05, 0) is 26.9 Å². The van der Waals surface area contributed by atoms with Crippen LogP contribution >= 0.6 is 0 Å². The van der Waals surface area contributed by atoms with Crippen LogP contribution in [0.15, 0.2) is 0 Å². The average Bonchev–Trinajstić information content (AvgIpc) is 1.81. The van der Waals surface area contributed by atoms with E-state index in [9.17, 15) is 18.0 Å². The lowest BCUT2D eigenvalue weighted by Gasteiger charge is -2.17. The van der Waals surface area contributed by atoms with Crippen molar-refractivity contribution in [3.05, 3.63) is 0 Å². The maximum Gasteiger partial charge on any atom is 0.401 e. The zero-order chi connectivity index (χ0) is 10.5. The van der Waals surface area contributed by atoms with Crippen LogP contribution in [-0.4, -0.2) is 37.0 Å². The van der Waals surface area contributed by atoms with E-state index in [1.807, 2.05) is 0 Å². The lowest BCUT2D eigenvalue weighted by atomic mass is 10.2. The number of rotatable bonds is 5. The maximum atomic E-state index is 11.8. The first-order valence-electron chi connectivity index (χ1n) is 4.06. The van der Waals surface area contributed by atoms with Crippen LogP contribution in [0.25, 0.3) is 0 Å². The highest BCUT2D eigenvalue weighted by atomic mass is 19.4. The highest BCUT2D eigenvalue weighted by Gasteiger charge is 2.28. The molecule has 0 aliphatic carbocycles. The fraction of sp³-hybridized carbons (Fsp3) is 0.875. The van der Waals surface area contributed by atoms with Crippen molar-refractivity contribution in [1.29, 1.82) is 0 Å². The number of halogens is 3. The Bertz CT molecular complexity index is 167. The highest BCUT2D eigenvalue weighted by molar-refractivity contribution is 5.75. The summed E-state index contributed by atoms with van der Waals surface area (Å²) < 4.78 is 35.3. The summed E-state index contributed by atoms with van der Waals surface area (Å²) in [4.78, 5) is 11.6. The van der Waals surface area contributed by atoms with E-state index < -0.39 is 12.7 Å². The molecule has 0 saturated carbocycles. The first kappa shape index (κ1) is 12.4. The number of Topliss-reactive ketones (excluding diaryl/α,β-unsaturated/α-hetero) is 1. The summed E-state index contributed by atoms with van der Waals surface area (Å²) in [6, 6.07) is 0. The molecule has 0 rings (SSSR count). The Balaban J connectivity index is 3.52. The van der Waals surface area contributed by atoms with Crippen LogP contribution in [0.4, 0.5) is 13.2 Å². The smallest absolute Gasteiger partial charge is 0.300 e. The summed E-state index contributed by atoms with van der Waals surface area (Å²) in [5.41, 5.74) is 0. The molecule has 0 amide bonds. The Morgan fingerprint density at radius 1 is 1.38 bits per heavy atom. The molecule has 0 heterocycles. The van der Waals surface area contributed by atoms with Crippen LogP contribution in [0.5, 0.6) is 0 Å². The fourth-order valence-corrected chi connectivity index (χ4v) is 0.983. The van der Waals surface area contributed by atoms with Crippen molar-refractivity contribution >= 4 is 5.78 Å². The van der Waals surface area contributed by atoms with Gasteiger partial charge in [-0.25, -0.2) is 0 Å². The van der Waals surface area contributed by atoms with Gasteiger partial charge < -0.3 is 4.79 Å². The van der Waals surface area contributed by atoms with Gasteiger partial charge in [-0.3, -0.25) is 4.90 Å². The number of carbonyl (C=O) groups is 1. The SMILES string of the molecule is CC(=O)CCCN(C)CC(F)(F)F. The van der Waals surface area contributed by atoms with E-state index in [1.54, 1.807) is 0 Å². The van der Waals surface area contributed by atoms with Crippen LogP contribution in [0.3, 0.4) is 0 Å². The van der Waals surface area contributed by atoms with E-state index in [2.05, 4.69) is 0 Å². The lowest BCUT2D eigenvalue weighted by molar-refractivity contribution is -0.143. The van der Waals surface area contributed by atoms with Crippen LogP contribution in [0.2, 0.25) is 0 Å². The molecule has 0 N–H and O–H groups in total. The predicted molar refractivity (Wildman–Crippen MR) is 43.5 cm³/mol. The summed E-state index contributed by atoms with van der Waals surface area (Å²) >= 11 is 0. The zero-order valence-corrected chi connectivity index (χ0v) is 7.82. The van der Waals surface area contributed by atoms with Gasteiger partial charge in [0.05, 0.1) is 6.54 Å². The number of carbonyl (C=O) groups excluding carboxylic acids is 1. The molecule has 0 aliphatic rings. The van der Waals surface area contributed by atoms with Gasteiger partial charge in [0.1, 0.15) is 5.78 Å². The number of ketones is 1. The van der Waals surface area contributed by atoms with Gasteiger partial charge in [0, 0.05) is 6.42 Å². The summed E-state index contributed by atoms with van der Waals surface area (Å²) in [6.07, 6.45) is -3.31. The topological polar surface area (TPSA) is 20.3 Å². The molecule has 0 aromatic carbocycles. The Labute approximate surface area is 75.7 Å². The van der Waals surface area contributed by atoms with Gasteiger partial charge in [0.15, 0.2) is 0 Å². The molecular weight excluding hydrogens is 183 g/mol. The second-order valence-corrected chi connectivity index (χ2v) is 3.16. The molecule has 0 aliphatic heterocycles. The molecule has 0 saturated heterocycles. The number of alkyl halides is 3. The highest BCUT2D eigenvalue weighted by Crippen LogP contribution is 2.15. The predicted octanol–water partition coefficient (Wildman–Crippen LogP) is 1.85. The van der Waals surface area contributed by atoms with Gasteiger partial charge in [0.2, 0.25) is 0 Å². The van der Waals surface area contributed by atoms with Gasteiger partial charge >= 0.3 is 6.18 Å². The molecule has 0 radical (unpaired) electrons. The van der Waals surface area contributed by atoms with E-state index in [4.69, 9.17) is 0 Å². The summed E-state index contributed by atoms with van der Waals surface area (Å²) in [7, 11) is 1.40. The Morgan fingerprint density at radius 2 is 1.92 bits per heavy atom. The molecule has 0 aromatic rings. The number of hydrogen-bond donors (Lipinski definition) is 0. The fourth-order valence-electron chi connectivity index (χ4n) is 0.983. The van der Waals surface area contributed by atoms with Crippen LogP contribution in [-0.2, 0) is 4.79 Å². The van der Waals surface area contributed by atoms with E-state index >= 15 is 0 Å². The minimum Gasteiger partial charge on any atom is -0.300 e. The first-order valence-corrected chi connectivity index (χ1v) is 4.06. The minimum atomic E-state index is -4.15. The molecule has 78 valence electrons. The Kier molecular flexibility index (Phi) is 4.98. The summed E-state index contributed by atoms with van der Waals surface area (Å²) in [5, 5.41) is 0. The third-order valence-corrected chi connectivity index (χ3v) is 1.52. The third-order valence-electron chi connectivity index (χ3n) is 1.52. The molecule has 0 unspecified atom stereocenters. The van der Waals surface area contributed by atoms with Gasteiger partial charge in [0.25, 0.3) is 0 Å². The van der Waals surface area contributed by atoms with Crippen molar-refractivity contribution in [1.82, 2.24) is 4.90 Å². The Morgan fingerprint density at radius 3 is 2.31 bits per heavy atom. The molecule has 0 atom stereocenters. The van der Waals surface area contributed by atoms with E-state index in [0.717, 1.165) is 0 Å². The van der Waals surface area contributed by atoms with E-state index in [-0.39, 0.29) is 5.78 Å². The lowest BCUT2D eigenvalue weighted by Crippen LogP contribution is -2.31. The number of hydrogen-bond acceptors (Lipinski definition) is 2. The van der Waals surface area contributed by atoms with Crippen LogP contribution in [0.1, 0.15) is 19.8 Å². The monoisotopic (exact) mass is 197 g/mol. The minimum absolute atomic E-state index is 0.0143. The molecule has 0 bridgehead atoms. The van der Waals surface area contributed by atoms with Crippen molar-refractivity contribution in [2.24, 2.45) is 0 Å². The van der Waals surface area contributed by atoms with E-state index in [0.29, 0.717) is 19.4 Å².